The van der Waals surface area contributed by atoms with E-state index in [2.05, 4.69) is 9.71 Å². The number of nitrogens with zero attached hydrogens (tertiary/aromatic N) is 3. The molecule has 21 heavy (non-hydrogen) atoms. The van der Waals surface area contributed by atoms with Crippen LogP contribution in [0.3, 0.4) is 0 Å². The summed E-state index contributed by atoms with van der Waals surface area (Å²) in [6.45, 7) is 4.41. The van der Waals surface area contributed by atoms with Crippen molar-refractivity contribution >= 4 is 43.8 Å². The predicted octanol–water partition coefficient (Wildman–Crippen LogP) is 1.20. The highest BCUT2D eigenvalue weighted by atomic mass is 35.5. The molecule has 116 valence electrons. The fourth-order valence-corrected chi connectivity index (χ4v) is 4.31. The van der Waals surface area contributed by atoms with Crippen molar-refractivity contribution in [1.82, 2.24) is 19.0 Å². The van der Waals surface area contributed by atoms with Crippen molar-refractivity contribution < 1.29 is 13.2 Å². The number of imidazole rings is 1. The van der Waals surface area contributed by atoms with Crippen molar-refractivity contribution in [2.75, 3.05) is 19.6 Å². The summed E-state index contributed by atoms with van der Waals surface area (Å²) < 4.78 is 28.3. The van der Waals surface area contributed by atoms with E-state index in [0.29, 0.717) is 18.1 Å². The fourth-order valence-electron chi connectivity index (χ4n) is 1.89. The van der Waals surface area contributed by atoms with Gasteiger partial charge < -0.3 is 4.90 Å². The molecule has 1 N–H and O–H groups in total. The molecule has 0 fully saturated rings. The first-order valence-electron chi connectivity index (χ1n) is 6.29. The smallest absolute Gasteiger partial charge is 0.260 e. The molecular formula is C11H15ClN4O3S2. The molecule has 0 atom stereocenters. The third-order valence-electron chi connectivity index (χ3n) is 2.96. The van der Waals surface area contributed by atoms with Crippen LogP contribution in [0.5, 0.6) is 0 Å². The van der Waals surface area contributed by atoms with Gasteiger partial charge in [-0.1, -0.05) is 11.6 Å². The summed E-state index contributed by atoms with van der Waals surface area (Å²) in [5.41, 5.74) is 0. The van der Waals surface area contributed by atoms with Gasteiger partial charge in [0.15, 0.2) is 15.1 Å². The van der Waals surface area contributed by atoms with E-state index in [1.54, 1.807) is 16.5 Å². The zero-order valence-corrected chi connectivity index (χ0v) is 13.9. The molecule has 1 amide bonds. The second kappa shape index (κ2) is 6.30. The van der Waals surface area contributed by atoms with Gasteiger partial charge in [0.2, 0.25) is 5.91 Å². The molecule has 2 heterocycles. The molecule has 0 aliphatic carbocycles. The normalized spacial score (nSPS) is 12.0. The average molecular weight is 351 g/mol. The van der Waals surface area contributed by atoms with Gasteiger partial charge in [0.25, 0.3) is 10.0 Å². The number of carbonyl (C=O) groups excluding carboxylic acids is 1. The van der Waals surface area contributed by atoms with Gasteiger partial charge in [-0.3, -0.25) is 9.20 Å². The number of sulfonamides is 1. The minimum Gasteiger partial charge on any atom is -0.342 e. The van der Waals surface area contributed by atoms with Crippen molar-refractivity contribution in [3.05, 3.63) is 16.7 Å². The summed E-state index contributed by atoms with van der Waals surface area (Å²) in [6.07, 6.45) is 1.57. The minimum atomic E-state index is -3.91. The average Bonchev–Trinajstić information content (AvgIpc) is 2.97. The quantitative estimate of drug-likeness (QED) is 0.848. The zero-order valence-electron chi connectivity index (χ0n) is 11.5. The number of hydrogen-bond acceptors (Lipinski definition) is 5. The molecule has 0 bridgehead atoms. The maximum atomic E-state index is 12.3. The molecule has 0 aromatic carbocycles. The van der Waals surface area contributed by atoms with E-state index in [4.69, 9.17) is 11.6 Å². The van der Waals surface area contributed by atoms with E-state index in [0.717, 1.165) is 0 Å². The largest absolute Gasteiger partial charge is 0.342 e. The number of rotatable bonds is 6. The molecule has 0 saturated carbocycles. The Morgan fingerprint density at radius 1 is 1.48 bits per heavy atom. The number of hydrogen-bond donors (Lipinski definition) is 1. The Kier molecular flexibility index (Phi) is 4.87. The summed E-state index contributed by atoms with van der Waals surface area (Å²) in [6, 6.07) is 0. The van der Waals surface area contributed by atoms with E-state index in [-0.39, 0.29) is 22.6 Å². The van der Waals surface area contributed by atoms with Gasteiger partial charge >= 0.3 is 0 Å². The SMILES string of the molecule is CCN(CC)C(=O)CNS(=O)(=O)c1c(Cl)nc2sccn12. The number of thiazole rings is 1. The van der Waals surface area contributed by atoms with Crippen LogP contribution in [0.1, 0.15) is 13.8 Å². The predicted molar refractivity (Wildman–Crippen MR) is 81.2 cm³/mol. The molecule has 0 saturated heterocycles. The van der Waals surface area contributed by atoms with Gasteiger partial charge in [-0.2, -0.15) is 0 Å². The molecular weight excluding hydrogens is 336 g/mol. The number of fused-ring (bicyclic) bond motifs is 1. The van der Waals surface area contributed by atoms with Gasteiger partial charge in [-0.25, -0.2) is 18.1 Å². The van der Waals surface area contributed by atoms with Crippen molar-refractivity contribution in [2.24, 2.45) is 0 Å². The third kappa shape index (κ3) is 3.20. The number of amides is 1. The number of likely N-dealkylation sites (N-methyl/N-ethyl adjacent to an activating group) is 1. The van der Waals surface area contributed by atoms with Crippen LogP contribution in [0.4, 0.5) is 0 Å². The van der Waals surface area contributed by atoms with Crippen LogP contribution in [0.2, 0.25) is 5.15 Å². The van der Waals surface area contributed by atoms with Crippen LogP contribution < -0.4 is 4.72 Å². The standard InChI is InChI=1S/C11H15ClN4O3S2/c1-3-15(4-2)8(17)7-13-21(18,19)10-9(12)14-11-16(10)5-6-20-11/h5-6,13H,3-4,7H2,1-2H3. The molecule has 10 heteroatoms. The maximum absolute atomic E-state index is 12.3. The second-order valence-electron chi connectivity index (χ2n) is 4.15. The molecule has 0 unspecified atom stereocenters. The van der Waals surface area contributed by atoms with Crippen molar-refractivity contribution in [3.8, 4) is 0 Å². The molecule has 7 nitrogen and oxygen atoms in total. The lowest BCUT2D eigenvalue weighted by Gasteiger charge is -2.18. The van der Waals surface area contributed by atoms with Gasteiger partial charge in [0.1, 0.15) is 0 Å². The Hall–Kier alpha value is -1.16. The topological polar surface area (TPSA) is 83.8 Å². The zero-order chi connectivity index (χ0) is 15.6. The number of nitrogens with one attached hydrogen (secondary N) is 1. The van der Waals surface area contributed by atoms with E-state index >= 15 is 0 Å². The van der Waals surface area contributed by atoms with Crippen molar-refractivity contribution in [2.45, 2.75) is 18.9 Å². The Labute approximate surface area is 131 Å². The number of aromatic nitrogens is 2. The monoisotopic (exact) mass is 350 g/mol. The number of halogens is 1. The van der Waals surface area contributed by atoms with Gasteiger partial charge in [-0.15, -0.1) is 11.3 Å². The highest BCUT2D eigenvalue weighted by molar-refractivity contribution is 7.89. The Morgan fingerprint density at radius 2 is 2.14 bits per heavy atom. The number of carbonyl (C=O) groups is 1. The van der Waals surface area contributed by atoms with Crippen molar-refractivity contribution in [1.29, 1.82) is 0 Å². The minimum absolute atomic E-state index is 0.107. The Balaban J connectivity index is 2.21. The van der Waals surface area contributed by atoms with E-state index in [1.165, 1.54) is 15.7 Å². The molecule has 0 aliphatic heterocycles. The van der Waals surface area contributed by atoms with E-state index in [1.807, 2.05) is 13.8 Å². The highest BCUT2D eigenvalue weighted by Crippen LogP contribution is 2.24. The highest BCUT2D eigenvalue weighted by Gasteiger charge is 2.26. The van der Waals surface area contributed by atoms with E-state index in [9.17, 15) is 13.2 Å². The Morgan fingerprint density at radius 3 is 2.76 bits per heavy atom. The molecule has 0 radical (unpaired) electrons. The first kappa shape index (κ1) is 16.2. The van der Waals surface area contributed by atoms with Gasteiger partial charge in [-0.05, 0) is 13.8 Å². The molecule has 2 aromatic rings. The summed E-state index contributed by atoms with van der Waals surface area (Å²) in [7, 11) is -3.91. The summed E-state index contributed by atoms with van der Waals surface area (Å²) in [5.74, 6) is -0.286. The molecule has 0 spiro atoms. The lowest BCUT2D eigenvalue weighted by atomic mass is 10.4. The van der Waals surface area contributed by atoms with Crippen LogP contribution in [-0.4, -0.2) is 48.2 Å². The lowest BCUT2D eigenvalue weighted by Crippen LogP contribution is -2.40. The summed E-state index contributed by atoms with van der Waals surface area (Å²) >= 11 is 7.16. The molecule has 0 aliphatic rings. The molecule has 2 aromatic heterocycles. The first-order chi connectivity index (χ1) is 9.90. The molecule has 2 rings (SSSR count). The first-order valence-corrected chi connectivity index (χ1v) is 9.03. The second-order valence-corrected chi connectivity index (χ2v) is 7.07. The maximum Gasteiger partial charge on any atom is 0.260 e. The fraction of sp³-hybridized carbons (Fsp3) is 0.455. The third-order valence-corrected chi connectivity index (χ3v) is 5.52. The van der Waals surface area contributed by atoms with Crippen LogP contribution in [0.15, 0.2) is 16.6 Å². The van der Waals surface area contributed by atoms with Crippen molar-refractivity contribution in [3.63, 3.8) is 0 Å². The van der Waals surface area contributed by atoms with Crippen LogP contribution >= 0.6 is 22.9 Å². The Bertz CT molecular complexity index is 749. The van der Waals surface area contributed by atoms with Crippen LogP contribution in [0.25, 0.3) is 4.96 Å². The van der Waals surface area contributed by atoms with Crippen LogP contribution in [-0.2, 0) is 14.8 Å². The van der Waals surface area contributed by atoms with Crippen LogP contribution in [0, 0.1) is 0 Å². The summed E-state index contributed by atoms with van der Waals surface area (Å²) in [5, 5.41) is 1.45. The van der Waals surface area contributed by atoms with E-state index < -0.39 is 10.0 Å². The lowest BCUT2D eigenvalue weighted by molar-refractivity contribution is -0.129. The summed E-state index contributed by atoms with van der Waals surface area (Å²) in [4.78, 5) is 17.9. The van der Waals surface area contributed by atoms with Gasteiger partial charge in [0, 0.05) is 24.7 Å². The van der Waals surface area contributed by atoms with Gasteiger partial charge in [0.05, 0.1) is 6.54 Å².